The molecule has 1 saturated carbocycles. The fourth-order valence-electron chi connectivity index (χ4n) is 3.24. The van der Waals surface area contributed by atoms with Crippen LogP contribution < -0.4 is 5.32 Å². The number of hydrogen-bond donors (Lipinski definition) is 4. The average molecular weight is 325 g/mol. The van der Waals surface area contributed by atoms with Crippen molar-refractivity contribution in [2.75, 3.05) is 5.32 Å². The lowest BCUT2D eigenvalue weighted by molar-refractivity contribution is 0.0210. The Morgan fingerprint density at radius 3 is 2.62 bits per heavy atom. The first-order chi connectivity index (χ1) is 11.6. The van der Waals surface area contributed by atoms with E-state index in [9.17, 15) is 10.2 Å². The van der Waals surface area contributed by atoms with Crippen molar-refractivity contribution in [2.45, 2.75) is 31.6 Å². The summed E-state index contributed by atoms with van der Waals surface area (Å²) in [5.41, 5.74) is 2.22. The van der Waals surface area contributed by atoms with Gasteiger partial charge in [-0.15, -0.1) is 0 Å². The number of aromatic nitrogens is 4. The molecule has 0 aliphatic heterocycles. The molecular weight excluding hydrogens is 306 g/mol. The standard InChI is InChI=1S/C17H19N5O2/c1-9-7-11(14(24)13(9)23)20-16-12-17(19-8-18-16)22-15(21-12)10-5-3-2-4-6-10/h2-6,8-9,11,13-14,23-24H,7H2,1H3,(H2,18,19,20,21,22)/t9-,11-,13-,14+/m1/s1. The Hall–Kier alpha value is -2.51. The number of rotatable bonds is 3. The van der Waals surface area contributed by atoms with Gasteiger partial charge in [0.2, 0.25) is 0 Å². The second-order valence-electron chi connectivity index (χ2n) is 6.32. The van der Waals surface area contributed by atoms with Gasteiger partial charge >= 0.3 is 0 Å². The fraction of sp³-hybridized carbons (Fsp3) is 0.353. The number of imidazole rings is 1. The van der Waals surface area contributed by atoms with E-state index >= 15 is 0 Å². The summed E-state index contributed by atoms with van der Waals surface area (Å²) in [6.07, 6.45) is 0.581. The molecule has 1 aliphatic rings. The number of nitrogens with zero attached hydrogens (tertiary/aromatic N) is 3. The summed E-state index contributed by atoms with van der Waals surface area (Å²) >= 11 is 0. The summed E-state index contributed by atoms with van der Waals surface area (Å²) in [5, 5.41) is 23.3. The predicted molar refractivity (Wildman–Crippen MR) is 90.3 cm³/mol. The van der Waals surface area contributed by atoms with Gasteiger partial charge in [0.25, 0.3) is 0 Å². The first kappa shape index (κ1) is 15.0. The van der Waals surface area contributed by atoms with Gasteiger partial charge in [0, 0.05) is 5.56 Å². The highest BCUT2D eigenvalue weighted by Gasteiger charge is 2.39. The number of aromatic amines is 1. The van der Waals surface area contributed by atoms with Gasteiger partial charge < -0.3 is 20.5 Å². The summed E-state index contributed by atoms with van der Waals surface area (Å²) < 4.78 is 0. The van der Waals surface area contributed by atoms with Crippen LogP contribution in [0.5, 0.6) is 0 Å². The minimum atomic E-state index is -0.818. The highest BCUT2D eigenvalue weighted by atomic mass is 16.3. The zero-order valence-corrected chi connectivity index (χ0v) is 13.2. The molecule has 3 aromatic rings. The van der Waals surface area contributed by atoms with E-state index < -0.39 is 12.2 Å². The number of fused-ring (bicyclic) bond motifs is 1. The third kappa shape index (κ3) is 2.51. The second kappa shape index (κ2) is 5.85. The normalized spacial score (nSPS) is 26.8. The van der Waals surface area contributed by atoms with Crippen molar-refractivity contribution in [1.29, 1.82) is 0 Å². The zero-order chi connectivity index (χ0) is 16.7. The van der Waals surface area contributed by atoms with Gasteiger partial charge in [0.05, 0.1) is 12.1 Å². The molecule has 0 bridgehead atoms. The summed E-state index contributed by atoms with van der Waals surface area (Å²) in [5.74, 6) is 1.34. The number of nitrogens with one attached hydrogen (secondary N) is 2. The van der Waals surface area contributed by atoms with Gasteiger partial charge in [-0.2, -0.15) is 0 Å². The molecule has 1 fully saturated rings. The third-order valence-corrected chi connectivity index (χ3v) is 4.63. The largest absolute Gasteiger partial charge is 0.390 e. The van der Waals surface area contributed by atoms with Crippen LogP contribution in [0.3, 0.4) is 0 Å². The van der Waals surface area contributed by atoms with E-state index in [4.69, 9.17) is 0 Å². The molecular formula is C17H19N5O2. The number of hydrogen-bond acceptors (Lipinski definition) is 6. The molecule has 1 aromatic carbocycles. The van der Waals surface area contributed by atoms with Crippen LogP contribution >= 0.6 is 0 Å². The van der Waals surface area contributed by atoms with Gasteiger partial charge in [-0.1, -0.05) is 37.3 Å². The van der Waals surface area contributed by atoms with E-state index in [2.05, 4.69) is 25.3 Å². The van der Waals surface area contributed by atoms with E-state index in [1.165, 1.54) is 6.33 Å². The lowest BCUT2D eigenvalue weighted by atomic mass is 10.1. The Labute approximate surface area is 138 Å². The second-order valence-corrected chi connectivity index (χ2v) is 6.32. The summed E-state index contributed by atoms with van der Waals surface area (Å²) in [7, 11) is 0. The van der Waals surface area contributed by atoms with Crippen molar-refractivity contribution < 1.29 is 10.2 Å². The van der Waals surface area contributed by atoms with Gasteiger partial charge in [-0.3, -0.25) is 0 Å². The van der Waals surface area contributed by atoms with Crippen molar-refractivity contribution in [1.82, 2.24) is 19.9 Å². The van der Waals surface area contributed by atoms with Crippen LogP contribution in [-0.2, 0) is 0 Å². The van der Waals surface area contributed by atoms with Crippen LogP contribution in [0.4, 0.5) is 5.82 Å². The molecule has 7 heteroatoms. The minimum Gasteiger partial charge on any atom is -0.390 e. The van der Waals surface area contributed by atoms with Crippen molar-refractivity contribution in [2.24, 2.45) is 5.92 Å². The summed E-state index contributed by atoms with van der Waals surface area (Å²) in [4.78, 5) is 16.2. The molecule has 0 amide bonds. The molecule has 1 aliphatic carbocycles. The highest BCUT2D eigenvalue weighted by Crippen LogP contribution is 2.30. The molecule has 124 valence electrons. The zero-order valence-electron chi connectivity index (χ0n) is 13.2. The van der Waals surface area contributed by atoms with E-state index in [1.807, 2.05) is 37.3 Å². The Balaban J connectivity index is 1.68. The predicted octanol–water partition coefficient (Wildman–Crippen LogP) is 1.56. The van der Waals surface area contributed by atoms with Crippen molar-refractivity contribution >= 4 is 17.0 Å². The molecule has 0 radical (unpaired) electrons. The number of aliphatic hydroxyl groups is 2. The van der Waals surface area contributed by atoms with Crippen LogP contribution in [-0.4, -0.2) is 48.4 Å². The minimum absolute atomic E-state index is 0.0384. The fourth-order valence-corrected chi connectivity index (χ4v) is 3.24. The van der Waals surface area contributed by atoms with E-state index in [1.54, 1.807) is 0 Å². The Morgan fingerprint density at radius 1 is 1.12 bits per heavy atom. The Kier molecular flexibility index (Phi) is 3.66. The smallest absolute Gasteiger partial charge is 0.183 e. The lowest BCUT2D eigenvalue weighted by Crippen LogP contribution is -2.35. The number of H-pyrrole nitrogens is 1. The average Bonchev–Trinajstić information content (AvgIpc) is 3.14. The molecule has 0 spiro atoms. The Morgan fingerprint density at radius 2 is 1.92 bits per heavy atom. The number of anilines is 1. The molecule has 7 nitrogen and oxygen atoms in total. The van der Waals surface area contributed by atoms with Crippen LogP contribution in [0.15, 0.2) is 36.7 Å². The molecule has 4 atom stereocenters. The maximum absolute atomic E-state index is 10.2. The maximum Gasteiger partial charge on any atom is 0.183 e. The van der Waals surface area contributed by atoms with Gasteiger partial charge in [-0.25, -0.2) is 15.0 Å². The summed E-state index contributed by atoms with van der Waals surface area (Å²) in [6, 6.07) is 9.54. The molecule has 24 heavy (non-hydrogen) atoms. The molecule has 2 aromatic heterocycles. The van der Waals surface area contributed by atoms with Crippen LogP contribution in [0.1, 0.15) is 13.3 Å². The number of benzene rings is 1. The van der Waals surface area contributed by atoms with E-state index in [-0.39, 0.29) is 12.0 Å². The molecule has 4 N–H and O–H groups in total. The van der Waals surface area contributed by atoms with Crippen molar-refractivity contribution in [3.63, 3.8) is 0 Å². The highest BCUT2D eigenvalue weighted by molar-refractivity contribution is 5.85. The lowest BCUT2D eigenvalue weighted by Gasteiger charge is -2.18. The monoisotopic (exact) mass is 325 g/mol. The maximum atomic E-state index is 10.2. The van der Waals surface area contributed by atoms with Crippen LogP contribution in [0, 0.1) is 5.92 Å². The summed E-state index contributed by atoms with van der Waals surface area (Å²) in [6.45, 7) is 1.93. The molecule has 0 unspecified atom stereocenters. The first-order valence-corrected chi connectivity index (χ1v) is 8.02. The van der Waals surface area contributed by atoms with Crippen LogP contribution in [0.25, 0.3) is 22.6 Å². The van der Waals surface area contributed by atoms with E-state index in [0.717, 1.165) is 11.4 Å². The number of aliphatic hydroxyl groups excluding tert-OH is 2. The molecule has 4 rings (SSSR count). The van der Waals surface area contributed by atoms with Gasteiger partial charge in [0.15, 0.2) is 11.5 Å². The van der Waals surface area contributed by atoms with E-state index in [0.29, 0.717) is 23.4 Å². The van der Waals surface area contributed by atoms with Gasteiger partial charge in [-0.05, 0) is 12.3 Å². The van der Waals surface area contributed by atoms with Gasteiger partial charge in [0.1, 0.15) is 23.8 Å². The third-order valence-electron chi connectivity index (χ3n) is 4.63. The molecule has 2 heterocycles. The van der Waals surface area contributed by atoms with Crippen molar-refractivity contribution in [3.05, 3.63) is 36.7 Å². The SMILES string of the molecule is C[C@@H]1C[C@@H](Nc2ncnc3nc(-c4ccccc4)[nH]c23)[C@H](O)[C@@H]1O. The quantitative estimate of drug-likeness (QED) is 0.582. The topological polar surface area (TPSA) is 107 Å². The molecule has 0 saturated heterocycles. The Bertz CT molecular complexity index is 851. The first-order valence-electron chi connectivity index (χ1n) is 8.02. The van der Waals surface area contributed by atoms with Crippen LogP contribution in [0.2, 0.25) is 0 Å². The van der Waals surface area contributed by atoms with Crippen molar-refractivity contribution in [3.8, 4) is 11.4 Å².